The Balaban J connectivity index is 2.43. The first kappa shape index (κ1) is 15.3. The predicted octanol–water partition coefficient (Wildman–Crippen LogP) is 2.24. The van der Waals surface area contributed by atoms with Crippen LogP contribution in [0.25, 0.3) is 0 Å². The Hall–Kier alpha value is -0.770. The minimum Gasteiger partial charge on any atom is -0.385 e. The Morgan fingerprint density at radius 2 is 1.83 bits per heavy atom. The van der Waals surface area contributed by atoms with Crippen LogP contribution in [0.1, 0.15) is 46.0 Å². The van der Waals surface area contributed by atoms with Gasteiger partial charge in [-0.25, -0.2) is 0 Å². The van der Waals surface area contributed by atoms with Crippen LogP contribution in [0.15, 0.2) is 4.99 Å². The van der Waals surface area contributed by atoms with Gasteiger partial charge in [-0.3, -0.25) is 4.99 Å². The van der Waals surface area contributed by atoms with Crippen LogP contribution in [-0.2, 0) is 4.74 Å². The van der Waals surface area contributed by atoms with Crippen molar-refractivity contribution in [3.63, 3.8) is 0 Å². The van der Waals surface area contributed by atoms with Gasteiger partial charge in [-0.15, -0.1) is 0 Å². The van der Waals surface area contributed by atoms with Gasteiger partial charge in [0.1, 0.15) is 0 Å². The number of aliphatic imine (C=N–C) groups is 1. The highest BCUT2D eigenvalue weighted by Crippen LogP contribution is 2.20. The lowest BCUT2D eigenvalue weighted by Crippen LogP contribution is -2.38. The second-order valence-corrected chi connectivity index (χ2v) is 5.98. The number of nitrogens with zero attached hydrogens (tertiary/aromatic N) is 2. The lowest BCUT2D eigenvalue weighted by Gasteiger charge is -2.25. The van der Waals surface area contributed by atoms with Gasteiger partial charge in [-0.05, 0) is 24.7 Å². The van der Waals surface area contributed by atoms with E-state index in [9.17, 15) is 0 Å². The SMILES string of the molecule is COCCC(C)(C)CN=C(N)N1CCCCCC1. The van der Waals surface area contributed by atoms with E-state index in [2.05, 4.69) is 23.7 Å². The van der Waals surface area contributed by atoms with Crippen LogP contribution in [0.5, 0.6) is 0 Å². The molecule has 0 spiro atoms. The fourth-order valence-corrected chi connectivity index (χ4v) is 2.15. The molecule has 18 heavy (non-hydrogen) atoms. The zero-order valence-corrected chi connectivity index (χ0v) is 12.2. The Labute approximate surface area is 112 Å². The number of likely N-dealkylation sites (tertiary alicyclic amines) is 1. The number of methoxy groups -OCH3 is 1. The molecule has 0 aliphatic carbocycles. The molecule has 0 atom stereocenters. The molecule has 0 aromatic heterocycles. The van der Waals surface area contributed by atoms with E-state index in [4.69, 9.17) is 10.5 Å². The number of hydrogen-bond donors (Lipinski definition) is 1. The van der Waals surface area contributed by atoms with Gasteiger partial charge in [0.05, 0.1) is 0 Å². The minimum atomic E-state index is 0.159. The molecule has 1 rings (SSSR count). The Kier molecular flexibility index (Phi) is 6.47. The minimum absolute atomic E-state index is 0.159. The Bertz CT molecular complexity index is 256. The molecule has 106 valence electrons. The average Bonchev–Trinajstić information content (AvgIpc) is 2.62. The lowest BCUT2D eigenvalue weighted by molar-refractivity contribution is 0.155. The van der Waals surface area contributed by atoms with E-state index in [1.807, 2.05) is 0 Å². The molecule has 0 unspecified atom stereocenters. The molecule has 1 aliphatic rings. The second kappa shape index (κ2) is 7.62. The van der Waals surface area contributed by atoms with Gasteiger partial charge in [0.15, 0.2) is 5.96 Å². The quantitative estimate of drug-likeness (QED) is 0.605. The summed E-state index contributed by atoms with van der Waals surface area (Å²) in [5.74, 6) is 0.724. The topological polar surface area (TPSA) is 50.9 Å². The van der Waals surface area contributed by atoms with Crippen molar-refractivity contribution in [2.75, 3.05) is 33.4 Å². The third kappa shape index (κ3) is 5.71. The third-order valence-corrected chi connectivity index (χ3v) is 3.58. The number of rotatable bonds is 5. The third-order valence-electron chi connectivity index (χ3n) is 3.58. The molecule has 1 saturated heterocycles. The standard InChI is InChI=1S/C14H29N3O/c1-14(2,8-11-18-3)12-16-13(15)17-9-6-4-5-7-10-17/h4-12H2,1-3H3,(H2,15,16). The first-order valence-electron chi connectivity index (χ1n) is 7.09. The molecule has 4 nitrogen and oxygen atoms in total. The van der Waals surface area contributed by atoms with Gasteiger partial charge < -0.3 is 15.4 Å². The molecule has 0 saturated carbocycles. The molecule has 4 heteroatoms. The fraction of sp³-hybridized carbons (Fsp3) is 0.929. The first-order valence-corrected chi connectivity index (χ1v) is 7.09. The van der Waals surface area contributed by atoms with Crippen LogP contribution in [0.2, 0.25) is 0 Å². The molecule has 0 radical (unpaired) electrons. The number of nitrogens with two attached hydrogens (primary N) is 1. The number of hydrogen-bond acceptors (Lipinski definition) is 2. The maximum Gasteiger partial charge on any atom is 0.191 e. The monoisotopic (exact) mass is 255 g/mol. The fourth-order valence-electron chi connectivity index (χ4n) is 2.15. The smallest absolute Gasteiger partial charge is 0.191 e. The van der Waals surface area contributed by atoms with E-state index < -0.39 is 0 Å². The summed E-state index contributed by atoms with van der Waals surface area (Å²) >= 11 is 0. The first-order chi connectivity index (χ1) is 8.55. The molecule has 1 heterocycles. The van der Waals surface area contributed by atoms with Crippen molar-refractivity contribution >= 4 is 5.96 Å². The Morgan fingerprint density at radius 1 is 1.22 bits per heavy atom. The van der Waals surface area contributed by atoms with Crippen molar-refractivity contribution in [3.05, 3.63) is 0 Å². The summed E-state index contributed by atoms with van der Waals surface area (Å²) in [4.78, 5) is 6.81. The van der Waals surface area contributed by atoms with Crippen LogP contribution >= 0.6 is 0 Å². The second-order valence-electron chi connectivity index (χ2n) is 5.98. The summed E-state index contributed by atoms with van der Waals surface area (Å²) in [6.07, 6.45) is 6.14. The zero-order valence-electron chi connectivity index (χ0n) is 12.2. The summed E-state index contributed by atoms with van der Waals surface area (Å²) in [6.45, 7) is 8.11. The molecule has 1 aliphatic heterocycles. The summed E-state index contributed by atoms with van der Waals surface area (Å²) in [6, 6.07) is 0. The number of ether oxygens (including phenoxy) is 1. The Morgan fingerprint density at radius 3 is 2.39 bits per heavy atom. The van der Waals surface area contributed by atoms with Crippen molar-refractivity contribution in [3.8, 4) is 0 Å². The lowest BCUT2D eigenvalue weighted by atomic mass is 9.90. The molecular weight excluding hydrogens is 226 g/mol. The van der Waals surface area contributed by atoms with Gasteiger partial charge >= 0.3 is 0 Å². The van der Waals surface area contributed by atoms with Crippen LogP contribution in [-0.4, -0.2) is 44.2 Å². The van der Waals surface area contributed by atoms with Crippen LogP contribution in [0.3, 0.4) is 0 Å². The maximum atomic E-state index is 6.10. The van der Waals surface area contributed by atoms with Crippen LogP contribution in [0.4, 0.5) is 0 Å². The van der Waals surface area contributed by atoms with Gasteiger partial charge in [-0.2, -0.15) is 0 Å². The molecule has 0 aromatic rings. The van der Waals surface area contributed by atoms with Crippen LogP contribution < -0.4 is 5.73 Å². The summed E-state index contributed by atoms with van der Waals surface area (Å²) in [5.41, 5.74) is 6.26. The molecule has 0 amide bonds. The molecule has 0 aromatic carbocycles. The summed E-state index contributed by atoms with van der Waals surface area (Å²) in [5, 5.41) is 0. The highest BCUT2D eigenvalue weighted by molar-refractivity contribution is 5.78. The van der Waals surface area contributed by atoms with Crippen molar-refractivity contribution < 1.29 is 4.74 Å². The van der Waals surface area contributed by atoms with E-state index in [1.54, 1.807) is 7.11 Å². The molecule has 2 N–H and O–H groups in total. The largest absolute Gasteiger partial charge is 0.385 e. The number of guanidine groups is 1. The van der Waals surface area contributed by atoms with Gasteiger partial charge in [0.2, 0.25) is 0 Å². The van der Waals surface area contributed by atoms with E-state index in [0.717, 1.165) is 38.6 Å². The zero-order chi connectivity index (χ0) is 13.4. The van der Waals surface area contributed by atoms with Crippen molar-refractivity contribution in [2.45, 2.75) is 46.0 Å². The molecule has 1 fully saturated rings. The van der Waals surface area contributed by atoms with E-state index in [0.29, 0.717) is 0 Å². The van der Waals surface area contributed by atoms with Gasteiger partial charge in [0, 0.05) is 33.4 Å². The maximum absolute atomic E-state index is 6.10. The van der Waals surface area contributed by atoms with E-state index >= 15 is 0 Å². The van der Waals surface area contributed by atoms with Gasteiger partial charge in [0.25, 0.3) is 0 Å². The normalized spacial score (nSPS) is 18.8. The van der Waals surface area contributed by atoms with E-state index in [-0.39, 0.29) is 5.41 Å². The highest BCUT2D eigenvalue weighted by Gasteiger charge is 2.18. The van der Waals surface area contributed by atoms with Crippen molar-refractivity contribution in [2.24, 2.45) is 16.1 Å². The molecular formula is C14H29N3O. The molecule has 0 bridgehead atoms. The average molecular weight is 255 g/mol. The van der Waals surface area contributed by atoms with E-state index in [1.165, 1.54) is 25.7 Å². The van der Waals surface area contributed by atoms with Gasteiger partial charge in [-0.1, -0.05) is 26.7 Å². The highest BCUT2D eigenvalue weighted by atomic mass is 16.5. The van der Waals surface area contributed by atoms with Crippen molar-refractivity contribution in [1.29, 1.82) is 0 Å². The van der Waals surface area contributed by atoms with Crippen LogP contribution in [0, 0.1) is 5.41 Å². The summed E-state index contributed by atoms with van der Waals surface area (Å²) in [7, 11) is 1.74. The predicted molar refractivity (Wildman–Crippen MR) is 76.8 cm³/mol. The van der Waals surface area contributed by atoms with Crippen molar-refractivity contribution in [1.82, 2.24) is 4.90 Å². The summed E-state index contributed by atoms with van der Waals surface area (Å²) < 4.78 is 5.13.